The molecule has 1 fully saturated rings. The van der Waals surface area contributed by atoms with E-state index in [9.17, 15) is 9.59 Å². The van der Waals surface area contributed by atoms with Crippen molar-refractivity contribution >= 4 is 33.9 Å². The fraction of sp³-hybridized carbons (Fsp3) is 0.207. The number of rotatable bonds is 6. The van der Waals surface area contributed by atoms with Gasteiger partial charge in [0, 0.05) is 37.6 Å². The fourth-order valence-electron chi connectivity index (χ4n) is 4.75. The monoisotopic (exact) mass is 568 g/mol. The predicted octanol–water partition coefficient (Wildman–Crippen LogP) is 3.74. The molecule has 1 amide bonds. The van der Waals surface area contributed by atoms with Gasteiger partial charge in [-0.25, -0.2) is 19.6 Å². The van der Waals surface area contributed by atoms with E-state index in [1.54, 1.807) is 54.5 Å². The smallest absolute Gasteiger partial charge is 0.284 e. The van der Waals surface area contributed by atoms with Crippen molar-refractivity contribution in [1.82, 2.24) is 24.3 Å². The summed E-state index contributed by atoms with van der Waals surface area (Å²) in [6, 6.07) is 16.3. The maximum atomic E-state index is 13.2. The van der Waals surface area contributed by atoms with E-state index in [0.29, 0.717) is 47.5 Å². The number of para-hydroxylation sites is 1. The third-order valence-corrected chi connectivity index (χ3v) is 8.11. The van der Waals surface area contributed by atoms with Gasteiger partial charge in [-0.1, -0.05) is 41.7 Å². The van der Waals surface area contributed by atoms with Crippen LogP contribution in [0, 0.1) is 6.92 Å². The number of aromatic nitrogens is 5. The fourth-order valence-corrected chi connectivity index (χ4v) is 5.67. The van der Waals surface area contributed by atoms with Crippen molar-refractivity contribution in [1.29, 1.82) is 0 Å². The van der Waals surface area contributed by atoms with Crippen LogP contribution < -0.4 is 21.5 Å². The van der Waals surface area contributed by atoms with E-state index in [2.05, 4.69) is 20.2 Å². The number of amides is 1. The maximum Gasteiger partial charge on any atom is 0.284 e. The van der Waals surface area contributed by atoms with Gasteiger partial charge in [0.15, 0.2) is 5.13 Å². The van der Waals surface area contributed by atoms with Crippen molar-refractivity contribution < 1.29 is 9.53 Å². The van der Waals surface area contributed by atoms with Crippen molar-refractivity contribution in [2.45, 2.75) is 6.92 Å². The summed E-state index contributed by atoms with van der Waals surface area (Å²) in [5, 5.41) is 3.77. The van der Waals surface area contributed by atoms with Crippen LogP contribution in [0.5, 0.6) is 0 Å². The van der Waals surface area contributed by atoms with Crippen molar-refractivity contribution in [3.8, 4) is 27.5 Å². The summed E-state index contributed by atoms with van der Waals surface area (Å²) in [5.41, 5.74) is 9.64. The van der Waals surface area contributed by atoms with Crippen LogP contribution in [0.25, 0.3) is 27.5 Å². The predicted molar refractivity (Wildman–Crippen MR) is 160 cm³/mol. The van der Waals surface area contributed by atoms with Gasteiger partial charge in [-0.05, 0) is 31.2 Å². The van der Waals surface area contributed by atoms with Crippen LogP contribution in [-0.4, -0.2) is 56.5 Å². The molecule has 0 saturated carbocycles. The molecule has 4 heterocycles. The summed E-state index contributed by atoms with van der Waals surface area (Å²) in [7, 11) is 1.75. The third-order valence-electron chi connectivity index (χ3n) is 7.03. The van der Waals surface area contributed by atoms with Crippen LogP contribution in [0.1, 0.15) is 16.1 Å². The van der Waals surface area contributed by atoms with E-state index in [1.807, 2.05) is 42.5 Å². The molecule has 11 nitrogen and oxygen atoms in total. The first-order chi connectivity index (χ1) is 19.9. The number of hydrogen-bond acceptors (Lipinski definition) is 9. The van der Waals surface area contributed by atoms with Crippen LogP contribution in [0.15, 0.2) is 71.8 Å². The Morgan fingerprint density at radius 3 is 2.49 bits per heavy atom. The Labute approximate surface area is 239 Å². The first-order valence-corrected chi connectivity index (χ1v) is 13.9. The largest absolute Gasteiger partial charge is 0.382 e. The van der Waals surface area contributed by atoms with Gasteiger partial charge in [-0.2, -0.15) is 0 Å². The van der Waals surface area contributed by atoms with E-state index in [-0.39, 0.29) is 11.1 Å². The van der Waals surface area contributed by atoms with Gasteiger partial charge in [0.2, 0.25) is 0 Å². The molecule has 3 N–H and O–H groups in total. The average Bonchev–Trinajstić information content (AvgIpc) is 3.57. The molecule has 0 bridgehead atoms. The summed E-state index contributed by atoms with van der Waals surface area (Å²) in [6.07, 6.45) is 3.45. The molecule has 1 aliphatic heterocycles. The van der Waals surface area contributed by atoms with Crippen LogP contribution in [0.2, 0.25) is 0 Å². The van der Waals surface area contributed by atoms with Crippen molar-refractivity contribution in [2.75, 3.05) is 42.3 Å². The molecular formula is C29H28N8O3S. The second kappa shape index (κ2) is 11.0. The molecule has 0 spiro atoms. The van der Waals surface area contributed by atoms with Gasteiger partial charge in [0.25, 0.3) is 11.5 Å². The highest BCUT2D eigenvalue weighted by molar-refractivity contribution is 7.18. The zero-order chi connectivity index (χ0) is 28.5. The number of nitrogens with one attached hydrogen (secondary N) is 1. The Hall–Kier alpha value is -4.81. The maximum absolute atomic E-state index is 13.2. The van der Waals surface area contributed by atoms with E-state index < -0.39 is 5.91 Å². The summed E-state index contributed by atoms with van der Waals surface area (Å²) < 4.78 is 8.59. The number of nitrogens with two attached hydrogens (primary N) is 1. The Balaban J connectivity index is 1.22. The van der Waals surface area contributed by atoms with E-state index in [1.165, 1.54) is 4.68 Å². The first kappa shape index (κ1) is 26.4. The van der Waals surface area contributed by atoms with Crippen LogP contribution in [0.4, 0.5) is 16.6 Å². The van der Waals surface area contributed by atoms with Gasteiger partial charge in [0.1, 0.15) is 22.8 Å². The quantitative estimate of drug-likeness (QED) is 0.317. The van der Waals surface area contributed by atoms with Crippen molar-refractivity contribution in [3.05, 3.63) is 88.6 Å². The number of benzene rings is 2. The van der Waals surface area contributed by atoms with Gasteiger partial charge in [-0.3, -0.25) is 14.3 Å². The summed E-state index contributed by atoms with van der Waals surface area (Å²) in [4.78, 5) is 43.2. The highest BCUT2D eigenvalue weighted by atomic mass is 32.1. The normalized spacial score (nSPS) is 13.4. The van der Waals surface area contributed by atoms with Crippen LogP contribution >= 0.6 is 11.3 Å². The lowest BCUT2D eigenvalue weighted by atomic mass is 10.1. The lowest BCUT2D eigenvalue weighted by Crippen LogP contribution is -2.36. The lowest BCUT2D eigenvalue weighted by molar-refractivity contribution is 0.102. The van der Waals surface area contributed by atoms with Gasteiger partial charge < -0.3 is 20.7 Å². The molecule has 12 heteroatoms. The Morgan fingerprint density at radius 1 is 1.02 bits per heavy atom. The topological polar surface area (TPSA) is 133 Å². The number of nitrogen functional groups attached to an aromatic ring is 1. The summed E-state index contributed by atoms with van der Waals surface area (Å²) in [6.45, 7) is 4.74. The minimum atomic E-state index is -0.479. The minimum absolute atomic E-state index is 0.0873. The molecule has 41 heavy (non-hydrogen) atoms. The van der Waals surface area contributed by atoms with Gasteiger partial charge >= 0.3 is 0 Å². The number of carbonyl (C=O) groups is 1. The molecule has 0 radical (unpaired) electrons. The number of nitrogens with zero attached hydrogens (tertiary/aromatic N) is 6. The summed E-state index contributed by atoms with van der Waals surface area (Å²) in [5.74, 6) is -0.182. The number of hydrogen-bond donors (Lipinski definition) is 2. The van der Waals surface area contributed by atoms with E-state index in [4.69, 9.17) is 15.5 Å². The van der Waals surface area contributed by atoms with Crippen molar-refractivity contribution in [3.63, 3.8) is 0 Å². The molecule has 1 saturated heterocycles. The SMILES string of the molecule is Cc1c(C(=O)Nc2ccc(-c3nc(-c4cnc(N5CCOCC5)s4)cnc3N)cc2)c(=O)n(-c2ccccc2)n1C. The molecule has 0 atom stereocenters. The Morgan fingerprint density at radius 2 is 1.76 bits per heavy atom. The highest BCUT2D eigenvalue weighted by Gasteiger charge is 2.22. The Kier molecular flexibility index (Phi) is 7.08. The average molecular weight is 569 g/mol. The lowest BCUT2D eigenvalue weighted by Gasteiger charge is -2.25. The highest BCUT2D eigenvalue weighted by Crippen LogP contribution is 2.33. The van der Waals surface area contributed by atoms with Gasteiger partial charge in [0.05, 0.1) is 35.7 Å². The number of morpholine rings is 1. The second-order valence-corrected chi connectivity index (χ2v) is 10.6. The number of carbonyl (C=O) groups excluding carboxylic acids is 1. The summed E-state index contributed by atoms with van der Waals surface area (Å²) >= 11 is 1.55. The molecule has 2 aromatic carbocycles. The second-order valence-electron chi connectivity index (χ2n) is 9.56. The molecule has 5 aromatic rings. The molecular weight excluding hydrogens is 540 g/mol. The molecule has 208 valence electrons. The number of ether oxygens (including phenoxy) is 1. The molecule has 0 aliphatic carbocycles. The van der Waals surface area contributed by atoms with Crippen molar-refractivity contribution in [2.24, 2.45) is 7.05 Å². The molecule has 0 unspecified atom stereocenters. The zero-order valence-electron chi connectivity index (χ0n) is 22.6. The van der Waals surface area contributed by atoms with Gasteiger partial charge in [-0.15, -0.1) is 0 Å². The zero-order valence-corrected chi connectivity index (χ0v) is 23.4. The molecule has 1 aliphatic rings. The Bertz CT molecular complexity index is 1770. The van der Waals surface area contributed by atoms with E-state index in [0.717, 1.165) is 28.7 Å². The molecule has 3 aromatic heterocycles. The third kappa shape index (κ3) is 5.10. The number of thiazole rings is 1. The first-order valence-electron chi connectivity index (χ1n) is 13.1. The number of anilines is 3. The van der Waals surface area contributed by atoms with E-state index >= 15 is 0 Å². The van der Waals surface area contributed by atoms with Crippen LogP contribution in [0.3, 0.4) is 0 Å². The molecule has 6 rings (SSSR count). The standard InChI is InChI=1S/C29H28N8O3S/c1-18-24(28(39)37(35(18)2)21-6-4-3-5-7-21)27(38)33-20-10-8-19(9-11-20)25-26(30)31-16-22(34-25)23-17-32-29(41-23)36-12-14-40-15-13-36/h3-11,16-17H,12-15H2,1-2H3,(H2,30,31)(H,33,38). The van der Waals surface area contributed by atoms with Crippen LogP contribution in [-0.2, 0) is 11.8 Å². The minimum Gasteiger partial charge on any atom is -0.382 e.